The van der Waals surface area contributed by atoms with E-state index in [0.29, 0.717) is 6.04 Å². The largest absolute Gasteiger partial charge is 0.494 e. The molecule has 0 unspecified atom stereocenters. The Morgan fingerprint density at radius 2 is 1.68 bits per heavy atom. The average Bonchev–Trinajstić information content (AvgIpc) is 2.64. The lowest BCUT2D eigenvalue weighted by Gasteiger charge is -2.17. The van der Waals surface area contributed by atoms with Gasteiger partial charge in [0.25, 0.3) is 0 Å². The maximum atomic E-state index is 5.33. The molecule has 1 aromatic carbocycles. The van der Waals surface area contributed by atoms with Gasteiger partial charge >= 0.3 is 0 Å². The van der Waals surface area contributed by atoms with E-state index in [1.165, 1.54) is 44.1 Å². The number of halogens is 2. The molecule has 0 aromatic heterocycles. The molecular weight excluding hydrogens is 370 g/mol. The zero-order valence-corrected chi connectivity index (χ0v) is 14.5. The van der Waals surface area contributed by atoms with Crippen LogP contribution in [0.3, 0.4) is 0 Å². The summed E-state index contributed by atoms with van der Waals surface area (Å²) in [6, 6.07) is 4.95. The van der Waals surface area contributed by atoms with E-state index in [1.807, 2.05) is 0 Å². The van der Waals surface area contributed by atoms with E-state index < -0.39 is 0 Å². The molecular formula is C15H21Br2NO. The second-order valence-electron chi connectivity index (χ2n) is 5.16. The van der Waals surface area contributed by atoms with Gasteiger partial charge in [0, 0.05) is 12.6 Å². The molecule has 1 aliphatic rings. The highest BCUT2D eigenvalue weighted by Crippen LogP contribution is 2.34. The summed E-state index contributed by atoms with van der Waals surface area (Å²) in [6.45, 7) is 0.922. The van der Waals surface area contributed by atoms with Crippen molar-refractivity contribution >= 4 is 31.9 Å². The Labute approximate surface area is 132 Å². The number of benzene rings is 1. The van der Waals surface area contributed by atoms with E-state index in [-0.39, 0.29) is 0 Å². The third-order valence-electron chi connectivity index (χ3n) is 3.71. The molecule has 1 aromatic rings. The zero-order valence-electron chi connectivity index (χ0n) is 11.3. The summed E-state index contributed by atoms with van der Waals surface area (Å²) in [5.41, 5.74) is 1.28. The molecule has 106 valence electrons. The number of nitrogens with one attached hydrogen (secondary N) is 1. The molecule has 0 spiro atoms. The van der Waals surface area contributed by atoms with Crippen molar-refractivity contribution < 1.29 is 4.74 Å². The first-order valence-corrected chi connectivity index (χ1v) is 8.54. The molecule has 0 radical (unpaired) electrons. The van der Waals surface area contributed by atoms with E-state index in [4.69, 9.17) is 4.74 Å². The molecule has 19 heavy (non-hydrogen) atoms. The number of hydrogen-bond donors (Lipinski definition) is 1. The molecule has 2 nitrogen and oxygen atoms in total. The maximum Gasteiger partial charge on any atom is 0.147 e. The van der Waals surface area contributed by atoms with Crippen LogP contribution in [0.25, 0.3) is 0 Å². The van der Waals surface area contributed by atoms with Crippen LogP contribution in [0, 0.1) is 0 Å². The van der Waals surface area contributed by atoms with Crippen molar-refractivity contribution in [2.75, 3.05) is 7.11 Å². The van der Waals surface area contributed by atoms with Gasteiger partial charge in [-0.3, -0.25) is 0 Å². The fraction of sp³-hybridized carbons (Fsp3) is 0.600. The van der Waals surface area contributed by atoms with Gasteiger partial charge in [0.05, 0.1) is 16.1 Å². The quantitative estimate of drug-likeness (QED) is 0.727. The average molecular weight is 391 g/mol. The van der Waals surface area contributed by atoms with E-state index >= 15 is 0 Å². The van der Waals surface area contributed by atoms with Crippen LogP contribution in [0.2, 0.25) is 0 Å². The number of hydrogen-bond acceptors (Lipinski definition) is 2. The van der Waals surface area contributed by atoms with Crippen LogP contribution in [0.4, 0.5) is 0 Å². The van der Waals surface area contributed by atoms with Crippen LogP contribution in [0.15, 0.2) is 21.1 Å². The predicted octanol–water partition coefficient (Wildman–Crippen LogP) is 5.03. The van der Waals surface area contributed by atoms with Crippen molar-refractivity contribution in [3.05, 3.63) is 26.6 Å². The topological polar surface area (TPSA) is 21.3 Å². The first-order valence-electron chi connectivity index (χ1n) is 6.96. The Bertz CT molecular complexity index is 392. The first kappa shape index (κ1) is 15.3. The zero-order chi connectivity index (χ0) is 13.7. The van der Waals surface area contributed by atoms with Gasteiger partial charge in [0.15, 0.2) is 0 Å². The van der Waals surface area contributed by atoms with Gasteiger partial charge in [0.2, 0.25) is 0 Å². The fourth-order valence-corrected chi connectivity index (χ4v) is 4.26. The number of methoxy groups -OCH3 is 1. The van der Waals surface area contributed by atoms with Crippen LogP contribution in [-0.4, -0.2) is 13.2 Å². The Kier molecular flexibility index (Phi) is 6.17. The van der Waals surface area contributed by atoms with E-state index in [0.717, 1.165) is 21.2 Å². The Balaban J connectivity index is 1.95. The van der Waals surface area contributed by atoms with Gasteiger partial charge in [-0.05, 0) is 62.4 Å². The first-order chi connectivity index (χ1) is 9.20. The van der Waals surface area contributed by atoms with E-state index in [1.54, 1.807) is 7.11 Å². The van der Waals surface area contributed by atoms with Gasteiger partial charge in [-0.25, -0.2) is 0 Å². The predicted molar refractivity (Wildman–Crippen MR) is 86.7 cm³/mol. The highest BCUT2D eigenvalue weighted by Gasteiger charge is 2.12. The van der Waals surface area contributed by atoms with Gasteiger partial charge in [-0.15, -0.1) is 0 Å². The van der Waals surface area contributed by atoms with E-state index in [9.17, 15) is 0 Å². The van der Waals surface area contributed by atoms with Crippen LogP contribution in [0.5, 0.6) is 5.75 Å². The summed E-state index contributed by atoms with van der Waals surface area (Å²) in [4.78, 5) is 0. The van der Waals surface area contributed by atoms with Crippen molar-refractivity contribution in [2.24, 2.45) is 0 Å². The fourth-order valence-electron chi connectivity index (χ4n) is 2.66. The van der Waals surface area contributed by atoms with Crippen molar-refractivity contribution in [3.63, 3.8) is 0 Å². The van der Waals surface area contributed by atoms with Crippen molar-refractivity contribution in [1.82, 2.24) is 5.32 Å². The molecule has 0 heterocycles. The van der Waals surface area contributed by atoms with E-state index in [2.05, 4.69) is 49.3 Å². The number of rotatable bonds is 4. The van der Waals surface area contributed by atoms with Crippen molar-refractivity contribution in [2.45, 2.75) is 51.1 Å². The molecule has 4 heteroatoms. The van der Waals surface area contributed by atoms with Gasteiger partial charge in [0.1, 0.15) is 5.75 Å². The van der Waals surface area contributed by atoms with Crippen molar-refractivity contribution in [1.29, 1.82) is 0 Å². The molecule has 0 amide bonds. The molecule has 0 saturated heterocycles. The summed E-state index contributed by atoms with van der Waals surface area (Å²) < 4.78 is 7.33. The Morgan fingerprint density at radius 1 is 1.11 bits per heavy atom. The minimum absolute atomic E-state index is 0.683. The monoisotopic (exact) mass is 389 g/mol. The SMILES string of the molecule is COc1c(Br)cc(CNC2CCCCCC2)cc1Br. The van der Waals surface area contributed by atoms with Crippen LogP contribution >= 0.6 is 31.9 Å². The molecule has 1 saturated carbocycles. The molecule has 2 rings (SSSR count). The second kappa shape index (κ2) is 7.65. The molecule has 1 N–H and O–H groups in total. The summed E-state index contributed by atoms with van der Waals surface area (Å²) in [5, 5.41) is 3.69. The smallest absolute Gasteiger partial charge is 0.147 e. The highest BCUT2D eigenvalue weighted by atomic mass is 79.9. The summed E-state index contributed by atoms with van der Waals surface area (Å²) in [6.07, 6.45) is 8.17. The second-order valence-corrected chi connectivity index (χ2v) is 6.87. The van der Waals surface area contributed by atoms with Gasteiger partial charge in [-0.1, -0.05) is 25.7 Å². The molecule has 1 fully saturated rings. The molecule has 0 atom stereocenters. The minimum Gasteiger partial charge on any atom is -0.494 e. The third-order valence-corrected chi connectivity index (χ3v) is 4.89. The highest BCUT2D eigenvalue weighted by molar-refractivity contribution is 9.11. The normalized spacial score (nSPS) is 17.2. The summed E-state index contributed by atoms with van der Waals surface area (Å²) in [7, 11) is 1.69. The van der Waals surface area contributed by atoms with Gasteiger partial charge < -0.3 is 10.1 Å². The summed E-state index contributed by atoms with van der Waals surface area (Å²) in [5.74, 6) is 0.859. The van der Waals surface area contributed by atoms with Crippen LogP contribution in [0.1, 0.15) is 44.1 Å². The lowest BCUT2D eigenvalue weighted by molar-refractivity contribution is 0.409. The Hall–Kier alpha value is -0.0600. The lowest BCUT2D eigenvalue weighted by atomic mass is 10.1. The maximum absolute atomic E-state index is 5.33. The standard InChI is InChI=1S/C15H21Br2NO/c1-19-15-13(16)8-11(9-14(15)17)10-18-12-6-4-2-3-5-7-12/h8-9,12,18H,2-7,10H2,1H3. The number of ether oxygens (including phenoxy) is 1. The lowest BCUT2D eigenvalue weighted by Crippen LogP contribution is -2.27. The summed E-state index contributed by atoms with van der Waals surface area (Å²) >= 11 is 7.11. The van der Waals surface area contributed by atoms with Gasteiger partial charge in [-0.2, -0.15) is 0 Å². The van der Waals surface area contributed by atoms with Crippen LogP contribution in [-0.2, 0) is 6.54 Å². The Morgan fingerprint density at radius 3 is 2.21 bits per heavy atom. The third kappa shape index (κ3) is 4.47. The molecule has 0 aliphatic heterocycles. The molecule has 0 bridgehead atoms. The minimum atomic E-state index is 0.683. The molecule has 1 aliphatic carbocycles. The van der Waals surface area contributed by atoms with Crippen molar-refractivity contribution in [3.8, 4) is 5.75 Å². The van der Waals surface area contributed by atoms with Crippen LogP contribution < -0.4 is 10.1 Å².